The summed E-state index contributed by atoms with van der Waals surface area (Å²) in [7, 11) is 0. The van der Waals surface area contributed by atoms with Crippen molar-refractivity contribution in [1.82, 2.24) is 0 Å². The number of rotatable bonds is 0. The van der Waals surface area contributed by atoms with Crippen molar-refractivity contribution in [3.63, 3.8) is 0 Å². The summed E-state index contributed by atoms with van der Waals surface area (Å²) in [5.41, 5.74) is 0. The van der Waals surface area contributed by atoms with E-state index in [1.165, 1.54) is 0 Å². The van der Waals surface area contributed by atoms with E-state index >= 15 is 0 Å². The fraction of sp³-hybridized carbons (Fsp3) is 0. The third-order valence-electron chi connectivity index (χ3n) is 0. The minimum absolute atomic E-state index is 0. The summed E-state index contributed by atoms with van der Waals surface area (Å²) in [5.74, 6) is 0. The molecule has 8 heavy (non-hydrogen) atoms. The van der Waals surface area contributed by atoms with Crippen molar-refractivity contribution < 1.29 is 0.881 Å². The third-order valence-corrected chi connectivity index (χ3v) is 0. The summed E-state index contributed by atoms with van der Waals surface area (Å²) in [6.45, 7) is 0. The molecule has 0 bridgehead atoms. The van der Waals surface area contributed by atoms with Gasteiger partial charge in [0.05, 0.1) is 0 Å². The van der Waals surface area contributed by atoms with E-state index in [0.29, 0.717) is 0 Å². The molecule has 8 heteroatoms. The average Bonchev–Trinajstić information content (AvgIpc) is 0.592. The molecule has 0 atom stereocenters. The van der Waals surface area contributed by atoms with Gasteiger partial charge in [0.2, 0.25) is 0 Å². The molecule has 0 amide bonds. The van der Waals surface area contributed by atoms with Crippen molar-refractivity contribution >= 4 is 94.5 Å². The Hall–Kier alpha value is 3.88. The SMILES string of the molecule is [Br][Ir-2]([Br])([Br])([Br])([Br])[Br].[S-2]. The van der Waals surface area contributed by atoms with Crippen molar-refractivity contribution in [2.24, 2.45) is 0 Å². The van der Waals surface area contributed by atoms with Crippen LogP contribution >= 0.6 is 81.0 Å². The second-order valence-corrected chi connectivity index (χ2v) is 158. The predicted octanol–water partition coefficient (Wildman–Crippen LogP) is 5.07. The maximum Gasteiger partial charge on any atom is -2.00 e. The zero-order chi connectivity index (χ0) is 6.41. The van der Waals surface area contributed by atoms with E-state index in [9.17, 15) is 0 Å². The van der Waals surface area contributed by atoms with E-state index in [4.69, 9.17) is 0 Å². The quantitative estimate of drug-likeness (QED) is 0.331. The molecule has 0 aliphatic heterocycles. The number of halogens is 6. The van der Waals surface area contributed by atoms with Gasteiger partial charge in [0.1, 0.15) is 0 Å². The van der Waals surface area contributed by atoms with Gasteiger partial charge in [0, 0.05) is 0 Å². The molecule has 0 rings (SSSR count). The summed E-state index contributed by atoms with van der Waals surface area (Å²) >= 11 is 20.1. The Morgan fingerprint density at radius 1 is 0.625 bits per heavy atom. The maximum absolute atomic E-state index is 3.35. The van der Waals surface area contributed by atoms with Crippen LogP contribution in [0.15, 0.2) is 0 Å². The Labute approximate surface area is 93.0 Å². The van der Waals surface area contributed by atoms with Gasteiger partial charge in [-0.1, -0.05) is 0 Å². The van der Waals surface area contributed by atoms with E-state index in [1.54, 1.807) is 0 Å². The van der Waals surface area contributed by atoms with Crippen molar-refractivity contribution in [2.75, 3.05) is 0 Å². The molecule has 61 valence electrons. The van der Waals surface area contributed by atoms with Gasteiger partial charge in [-0.3, -0.25) is 0 Å². The van der Waals surface area contributed by atoms with Crippen LogP contribution in [0.25, 0.3) is 0 Å². The van der Waals surface area contributed by atoms with E-state index in [-0.39, 0.29) is 13.5 Å². The second kappa shape index (κ2) is 2.98. The molecule has 0 fully saturated rings. The minimum Gasteiger partial charge on any atom is -2.00 e. The van der Waals surface area contributed by atoms with Crippen molar-refractivity contribution in [2.45, 2.75) is 0 Å². The molecular formula is Br6IrS-4. The van der Waals surface area contributed by atoms with Gasteiger partial charge in [-0.2, -0.15) is 0 Å². The van der Waals surface area contributed by atoms with Gasteiger partial charge in [-0.05, 0) is 0 Å². The van der Waals surface area contributed by atoms with Crippen LogP contribution in [-0.2, 0) is 14.4 Å². The smallest absolute Gasteiger partial charge is 2.00 e. The Kier molecular flexibility index (Phi) is 5.36. The first kappa shape index (κ1) is 14.4. The molecule has 0 unspecified atom stereocenters. The van der Waals surface area contributed by atoms with Crippen LogP contribution in [0.5, 0.6) is 0 Å². The van der Waals surface area contributed by atoms with Crippen LogP contribution in [-0.4, -0.2) is 0 Å². The van der Waals surface area contributed by atoms with Crippen molar-refractivity contribution in [3.05, 3.63) is 0 Å². The van der Waals surface area contributed by atoms with Crippen LogP contribution in [0.4, 0.5) is 0 Å². The Morgan fingerprint density at radius 3 is 0.625 bits per heavy atom. The zero-order valence-electron chi connectivity index (χ0n) is 3.01. The Bertz CT molecular complexity index is 67.1. The standard InChI is InChI=1S/6BrH.Ir.S/h6*1H;;/q;;;;;;+4;-2/p-6. The molecule has 0 aliphatic carbocycles. The van der Waals surface area contributed by atoms with E-state index in [2.05, 4.69) is 81.0 Å². The van der Waals surface area contributed by atoms with E-state index in [0.717, 1.165) is 0 Å². The Balaban J connectivity index is 0. The fourth-order valence-corrected chi connectivity index (χ4v) is 0. The fourth-order valence-electron chi connectivity index (χ4n) is 0. The van der Waals surface area contributed by atoms with Gasteiger partial charge in [0.15, 0.2) is 0 Å². The predicted molar refractivity (Wildman–Crippen MR) is 60.9 cm³/mol. The van der Waals surface area contributed by atoms with Gasteiger partial charge in [-0.15, -0.1) is 0 Å². The van der Waals surface area contributed by atoms with Gasteiger partial charge < -0.3 is 13.5 Å². The molecule has 0 aromatic rings. The van der Waals surface area contributed by atoms with Crippen molar-refractivity contribution in [3.8, 4) is 0 Å². The molecule has 0 radical (unpaired) electrons. The average molecular weight is 704 g/mol. The van der Waals surface area contributed by atoms with Gasteiger partial charge in [0.25, 0.3) is 0 Å². The van der Waals surface area contributed by atoms with Gasteiger partial charge in [-0.25, -0.2) is 0 Å². The molecule has 0 aliphatic rings. The van der Waals surface area contributed by atoms with Gasteiger partial charge >= 0.3 is 81.8 Å². The molecule has 0 saturated carbocycles. The van der Waals surface area contributed by atoms with Crippen LogP contribution in [0, 0.1) is 0 Å². The monoisotopic (exact) mass is 698 g/mol. The summed E-state index contributed by atoms with van der Waals surface area (Å²) in [4.78, 5) is 0. The number of hydrogen-bond acceptors (Lipinski definition) is 0. The largest absolute Gasteiger partial charge is 2.00 e. The van der Waals surface area contributed by atoms with Crippen molar-refractivity contribution in [1.29, 1.82) is 0 Å². The first-order valence-electron chi connectivity index (χ1n) is 0.756. The van der Waals surface area contributed by atoms with E-state index in [1.807, 2.05) is 0 Å². The topological polar surface area (TPSA) is 0 Å². The summed E-state index contributed by atoms with van der Waals surface area (Å²) < 4.78 is -3.29. The maximum atomic E-state index is 3.35. The third kappa shape index (κ3) is 51.8. The first-order valence-corrected chi connectivity index (χ1v) is 32.2. The van der Waals surface area contributed by atoms with E-state index < -0.39 is 0.881 Å². The molecule has 0 saturated heterocycles. The first-order chi connectivity index (χ1) is 2.45. The summed E-state index contributed by atoms with van der Waals surface area (Å²) in [6, 6.07) is 0. The zero-order valence-corrected chi connectivity index (χ0v) is 15.7. The van der Waals surface area contributed by atoms with Crippen LogP contribution in [0.3, 0.4) is 0 Å². The molecule has 0 nitrogen and oxygen atoms in total. The molecule has 0 heterocycles. The summed E-state index contributed by atoms with van der Waals surface area (Å²) in [5, 5.41) is 0. The number of hydrogen-bond donors (Lipinski definition) is 0. The molecule has 0 N–H and O–H groups in total. The Morgan fingerprint density at radius 2 is 0.625 bits per heavy atom. The minimum atomic E-state index is -3.29. The van der Waals surface area contributed by atoms with Crippen LogP contribution in [0.1, 0.15) is 0 Å². The molecular weight excluding hydrogens is 704 g/mol. The van der Waals surface area contributed by atoms with Crippen LogP contribution < -0.4 is 0 Å². The van der Waals surface area contributed by atoms with Crippen LogP contribution in [0.2, 0.25) is 0 Å². The summed E-state index contributed by atoms with van der Waals surface area (Å²) in [6.07, 6.45) is 0. The normalized spacial score (nSPS) is 20.2. The molecule has 0 aromatic heterocycles. The molecule has 0 aromatic carbocycles. The molecule has 0 spiro atoms. The second-order valence-electron chi connectivity index (χ2n) is 0.714.